The molecule has 1 heterocycles. The smallest absolute Gasteiger partial charge is 0.189 e. The molecule has 0 atom stereocenters. The molecule has 0 bridgehead atoms. The van der Waals surface area contributed by atoms with Crippen molar-refractivity contribution in [1.82, 2.24) is 0 Å². The summed E-state index contributed by atoms with van der Waals surface area (Å²) in [6.07, 6.45) is 1.53. The van der Waals surface area contributed by atoms with Crippen molar-refractivity contribution in [3.05, 3.63) is 35.4 Å². The Bertz CT molecular complexity index is 498. The molecule has 1 aromatic rings. The minimum atomic E-state index is -0.161. The summed E-state index contributed by atoms with van der Waals surface area (Å²) in [4.78, 5) is 14.0. The Morgan fingerprint density at radius 3 is 2.58 bits per heavy atom. The van der Waals surface area contributed by atoms with Crippen molar-refractivity contribution in [1.29, 1.82) is 0 Å². The number of hydrogen-bond donors (Lipinski definition) is 1. The van der Waals surface area contributed by atoms with Gasteiger partial charge < -0.3 is 14.7 Å². The number of rotatable bonds is 3. The van der Waals surface area contributed by atoms with Crippen LogP contribution in [-0.2, 0) is 4.74 Å². The highest BCUT2D eigenvalue weighted by atomic mass is 16.5. The fourth-order valence-corrected chi connectivity index (χ4v) is 2.09. The van der Waals surface area contributed by atoms with Gasteiger partial charge in [0, 0.05) is 24.8 Å². The Morgan fingerprint density at radius 2 is 2.00 bits per heavy atom. The Balaban J connectivity index is 2.21. The second-order valence-corrected chi connectivity index (χ2v) is 4.89. The van der Waals surface area contributed by atoms with E-state index in [-0.39, 0.29) is 11.5 Å². The van der Waals surface area contributed by atoms with Gasteiger partial charge in [0.15, 0.2) is 5.78 Å². The highest BCUT2D eigenvalue weighted by Gasteiger charge is 2.14. The van der Waals surface area contributed by atoms with Gasteiger partial charge in [0.1, 0.15) is 5.75 Å². The molecule has 1 N–H and O–H groups in total. The average Bonchev–Trinajstić information content (AvgIpc) is 2.38. The van der Waals surface area contributed by atoms with E-state index < -0.39 is 0 Å². The van der Waals surface area contributed by atoms with Crippen LogP contribution >= 0.6 is 0 Å². The van der Waals surface area contributed by atoms with E-state index in [1.54, 1.807) is 12.1 Å². The van der Waals surface area contributed by atoms with Crippen molar-refractivity contribution in [2.45, 2.75) is 13.8 Å². The number of carbonyl (C=O) groups is 1. The van der Waals surface area contributed by atoms with Crippen LogP contribution in [0.4, 0.5) is 5.69 Å². The van der Waals surface area contributed by atoms with Crippen LogP contribution in [0.3, 0.4) is 0 Å². The summed E-state index contributed by atoms with van der Waals surface area (Å²) < 4.78 is 5.29. The Morgan fingerprint density at radius 1 is 1.32 bits per heavy atom. The van der Waals surface area contributed by atoms with E-state index >= 15 is 0 Å². The third-order valence-corrected chi connectivity index (χ3v) is 3.04. The largest absolute Gasteiger partial charge is 0.507 e. The highest BCUT2D eigenvalue weighted by Crippen LogP contribution is 2.26. The maximum absolute atomic E-state index is 11.9. The fourth-order valence-electron chi connectivity index (χ4n) is 2.09. The zero-order valence-corrected chi connectivity index (χ0v) is 11.3. The van der Waals surface area contributed by atoms with Gasteiger partial charge in [0.05, 0.1) is 18.8 Å². The number of morpholine rings is 1. The molecule has 1 aromatic carbocycles. The van der Waals surface area contributed by atoms with Crippen molar-refractivity contribution >= 4 is 11.5 Å². The van der Waals surface area contributed by atoms with E-state index in [0.717, 1.165) is 24.4 Å². The molecule has 4 heteroatoms. The van der Waals surface area contributed by atoms with Gasteiger partial charge in [-0.2, -0.15) is 0 Å². The summed E-state index contributed by atoms with van der Waals surface area (Å²) in [7, 11) is 0. The van der Waals surface area contributed by atoms with Gasteiger partial charge in [0.25, 0.3) is 0 Å². The molecule has 0 spiro atoms. The Kier molecular flexibility index (Phi) is 4.22. The van der Waals surface area contributed by atoms with Crippen molar-refractivity contribution in [2.75, 3.05) is 31.2 Å². The molecule has 0 radical (unpaired) electrons. The normalized spacial score (nSPS) is 15.2. The first-order valence-corrected chi connectivity index (χ1v) is 6.43. The maximum Gasteiger partial charge on any atom is 0.189 e. The molecule has 4 nitrogen and oxygen atoms in total. The molecule has 1 aliphatic heterocycles. The van der Waals surface area contributed by atoms with Gasteiger partial charge >= 0.3 is 0 Å². The van der Waals surface area contributed by atoms with E-state index in [4.69, 9.17) is 4.74 Å². The van der Waals surface area contributed by atoms with Crippen molar-refractivity contribution < 1.29 is 14.6 Å². The molecule has 0 saturated carbocycles. The molecular formula is C15H19NO3. The number of hydrogen-bond acceptors (Lipinski definition) is 4. The highest BCUT2D eigenvalue weighted by molar-refractivity contribution is 6.07. The van der Waals surface area contributed by atoms with E-state index in [1.165, 1.54) is 6.08 Å². The number of aromatic hydroxyl groups is 1. The molecule has 19 heavy (non-hydrogen) atoms. The lowest BCUT2D eigenvalue weighted by atomic mass is 10.1. The minimum absolute atomic E-state index is 0.0338. The molecular weight excluding hydrogens is 242 g/mol. The number of ether oxygens (including phenoxy) is 1. The topological polar surface area (TPSA) is 49.8 Å². The van der Waals surface area contributed by atoms with Gasteiger partial charge in [-0.25, -0.2) is 0 Å². The summed E-state index contributed by atoms with van der Waals surface area (Å²) in [6, 6.07) is 5.20. The first-order chi connectivity index (χ1) is 9.08. The number of phenolic OH excluding ortho intramolecular Hbond substituents is 1. The van der Waals surface area contributed by atoms with E-state index in [1.807, 2.05) is 19.9 Å². The first kappa shape index (κ1) is 13.6. The monoisotopic (exact) mass is 261 g/mol. The van der Waals surface area contributed by atoms with Gasteiger partial charge in [-0.1, -0.05) is 5.57 Å². The lowest BCUT2D eigenvalue weighted by molar-refractivity contribution is 0.104. The van der Waals surface area contributed by atoms with E-state index in [9.17, 15) is 9.90 Å². The summed E-state index contributed by atoms with van der Waals surface area (Å²) in [5.41, 5.74) is 2.19. The van der Waals surface area contributed by atoms with Crippen molar-refractivity contribution in [3.63, 3.8) is 0 Å². The third kappa shape index (κ3) is 3.35. The summed E-state index contributed by atoms with van der Waals surface area (Å²) in [5, 5.41) is 10.00. The zero-order chi connectivity index (χ0) is 13.8. The standard InChI is InChI=1S/C15H19NO3/c1-11(2)9-14(17)13-4-3-12(10-15(13)18)16-5-7-19-8-6-16/h3-4,9-10,18H,5-8H2,1-2H3. The number of allylic oxidation sites excluding steroid dienone is 2. The molecule has 0 aromatic heterocycles. The van der Waals surface area contributed by atoms with Crippen LogP contribution in [0.25, 0.3) is 0 Å². The lowest BCUT2D eigenvalue weighted by Gasteiger charge is -2.29. The van der Waals surface area contributed by atoms with Crippen LogP contribution in [0, 0.1) is 0 Å². The van der Waals surface area contributed by atoms with E-state index in [0.29, 0.717) is 18.8 Å². The van der Waals surface area contributed by atoms with Gasteiger partial charge in [-0.15, -0.1) is 0 Å². The molecule has 2 rings (SSSR count). The third-order valence-electron chi connectivity index (χ3n) is 3.04. The molecule has 1 fully saturated rings. The van der Waals surface area contributed by atoms with Crippen LogP contribution in [0.5, 0.6) is 5.75 Å². The Labute approximate surface area is 113 Å². The predicted octanol–water partition coefficient (Wildman–Crippen LogP) is 2.38. The van der Waals surface area contributed by atoms with Gasteiger partial charge in [0.2, 0.25) is 0 Å². The van der Waals surface area contributed by atoms with Gasteiger partial charge in [-0.05, 0) is 32.1 Å². The van der Waals surface area contributed by atoms with Crippen molar-refractivity contribution in [2.24, 2.45) is 0 Å². The number of benzene rings is 1. The van der Waals surface area contributed by atoms with Crippen LogP contribution in [0.2, 0.25) is 0 Å². The van der Waals surface area contributed by atoms with Crippen LogP contribution in [0.15, 0.2) is 29.8 Å². The number of ketones is 1. The van der Waals surface area contributed by atoms with Crippen LogP contribution in [0.1, 0.15) is 24.2 Å². The summed E-state index contributed by atoms with van der Waals surface area (Å²) in [6.45, 7) is 6.72. The zero-order valence-electron chi connectivity index (χ0n) is 11.3. The molecule has 0 unspecified atom stereocenters. The predicted molar refractivity (Wildman–Crippen MR) is 74.9 cm³/mol. The molecule has 1 aliphatic rings. The number of carbonyl (C=O) groups excluding carboxylic acids is 1. The molecule has 102 valence electrons. The van der Waals surface area contributed by atoms with Crippen LogP contribution < -0.4 is 4.90 Å². The maximum atomic E-state index is 11.9. The quantitative estimate of drug-likeness (QED) is 0.670. The Hall–Kier alpha value is -1.81. The lowest BCUT2D eigenvalue weighted by Crippen LogP contribution is -2.36. The van der Waals surface area contributed by atoms with E-state index in [2.05, 4.69) is 4.90 Å². The molecule has 1 saturated heterocycles. The minimum Gasteiger partial charge on any atom is -0.507 e. The molecule has 0 aliphatic carbocycles. The number of anilines is 1. The number of nitrogens with zero attached hydrogens (tertiary/aromatic N) is 1. The summed E-state index contributed by atoms with van der Waals surface area (Å²) >= 11 is 0. The second-order valence-electron chi connectivity index (χ2n) is 4.89. The first-order valence-electron chi connectivity index (χ1n) is 6.43. The van der Waals surface area contributed by atoms with Crippen LogP contribution in [-0.4, -0.2) is 37.2 Å². The second kappa shape index (κ2) is 5.89. The molecule has 0 amide bonds. The summed E-state index contributed by atoms with van der Waals surface area (Å²) in [5.74, 6) is -0.127. The van der Waals surface area contributed by atoms with Gasteiger partial charge in [-0.3, -0.25) is 4.79 Å². The fraction of sp³-hybridized carbons (Fsp3) is 0.400. The van der Waals surface area contributed by atoms with Crippen molar-refractivity contribution in [3.8, 4) is 5.75 Å². The number of phenols is 1. The SMILES string of the molecule is CC(C)=CC(=O)c1ccc(N2CCOCC2)cc1O. The average molecular weight is 261 g/mol.